The summed E-state index contributed by atoms with van der Waals surface area (Å²) < 4.78 is 5.46. The van der Waals surface area contributed by atoms with Gasteiger partial charge in [0.15, 0.2) is 0 Å². The summed E-state index contributed by atoms with van der Waals surface area (Å²) in [6.07, 6.45) is 4.68. The fraction of sp³-hybridized carbons (Fsp3) is 0.944. The number of hydrogen-bond acceptors (Lipinski definition) is 4. The molecule has 1 N–H and O–H groups in total. The molecule has 1 atom stereocenters. The fourth-order valence-electron chi connectivity index (χ4n) is 3.50. The highest BCUT2D eigenvalue weighted by atomic mass is 16.6. The summed E-state index contributed by atoms with van der Waals surface area (Å²) in [5.74, 6) is 0.566. The third-order valence-electron chi connectivity index (χ3n) is 4.76. The molecule has 0 aromatic carbocycles. The molecule has 2 rings (SSSR count). The SMILES string of the molecule is CCCN1CCC(NCC2CCN(C(=O)OC(C)(C)C)C2)CC1. The van der Waals surface area contributed by atoms with Gasteiger partial charge in [-0.2, -0.15) is 0 Å². The standard InChI is InChI=1S/C18H35N3O2/c1-5-9-20-10-7-16(8-11-20)19-13-15-6-12-21(14-15)17(22)23-18(2,3)4/h15-16,19H,5-14H2,1-4H3. The van der Waals surface area contributed by atoms with E-state index in [-0.39, 0.29) is 6.09 Å². The van der Waals surface area contributed by atoms with Crippen LogP contribution in [0.3, 0.4) is 0 Å². The number of nitrogens with zero attached hydrogens (tertiary/aromatic N) is 2. The summed E-state index contributed by atoms with van der Waals surface area (Å²) in [6, 6.07) is 0.652. The summed E-state index contributed by atoms with van der Waals surface area (Å²) >= 11 is 0. The lowest BCUT2D eigenvalue weighted by atomic mass is 10.0. The maximum Gasteiger partial charge on any atom is 0.410 e. The summed E-state index contributed by atoms with van der Waals surface area (Å²) in [4.78, 5) is 16.5. The second kappa shape index (κ2) is 8.34. The van der Waals surface area contributed by atoms with Crippen LogP contribution in [0.4, 0.5) is 4.79 Å². The molecule has 2 aliphatic rings. The van der Waals surface area contributed by atoms with Crippen molar-refractivity contribution in [2.75, 3.05) is 39.3 Å². The molecule has 2 saturated heterocycles. The molecule has 0 aliphatic carbocycles. The van der Waals surface area contributed by atoms with Crippen LogP contribution < -0.4 is 5.32 Å². The molecule has 134 valence electrons. The van der Waals surface area contributed by atoms with Crippen LogP contribution in [-0.4, -0.2) is 66.8 Å². The molecule has 1 amide bonds. The van der Waals surface area contributed by atoms with E-state index in [4.69, 9.17) is 4.74 Å². The monoisotopic (exact) mass is 325 g/mol. The first-order valence-corrected chi connectivity index (χ1v) is 9.31. The van der Waals surface area contributed by atoms with Crippen molar-refractivity contribution in [1.29, 1.82) is 0 Å². The van der Waals surface area contributed by atoms with Gasteiger partial charge in [0.25, 0.3) is 0 Å². The average Bonchev–Trinajstić information content (AvgIpc) is 2.94. The zero-order valence-electron chi connectivity index (χ0n) is 15.4. The Morgan fingerprint density at radius 2 is 1.87 bits per heavy atom. The van der Waals surface area contributed by atoms with Crippen LogP contribution in [0.2, 0.25) is 0 Å². The number of piperidine rings is 1. The third-order valence-corrected chi connectivity index (χ3v) is 4.76. The van der Waals surface area contributed by atoms with Crippen molar-refractivity contribution in [1.82, 2.24) is 15.1 Å². The topological polar surface area (TPSA) is 44.8 Å². The molecular formula is C18H35N3O2. The number of amides is 1. The van der Waals surface area contributed by atoms with E-state index in [1.165, 1.54) is 38.9 Å². The number of carbonyl (C=O) groups is 1. The van der Waals surface area contributed by atoms with E-state index in [2.05, 4.69) is 17.1 Å². The van der Waals surface area contributed by atoms with Gasteiger partial charge in [-0.15, -0.1) is 0 Å². The van der Waals surface area contributed by atoms with Crippen LogP contribution in [0.25, 0.3) is 0 Å². The van der Waals surface area contributed by atoms with Gasteiger partial charge in [0.1, 0.15) is 5.60 Å². The summed E-state index contributed by atoms with van der Waals surface area (Å²) in [5, 5.41) is 3.73. The zero-order valence-corrected chi connectivity index (χ0v) is 15.4. The van der Waals surface area contributed by atoms with Crippen molar-refractivity contribution in [2.45, 2.75) is 65.0 Å². The van der Waals surface area contributed by atoms with Crippen molar-refractivity contribution in [2.24, 2.45) is 5.92 Å². The highest BCUT2D eigenvalue weighted by Gasteiger charge is 2.30. The van der Waals surface area contributed by atoms with E-state index in [1.807, 2.05) is 25.7 Å². The number of rotatable bonds is 5. The Bertz CT molecular complexity index is 373. The molecule has 5 nitrogen and oxygen atoms in total. The van der Waals surface area contributed by atoms with Gasteiger partial charge in [-0.05, 0) is 78.6 Å². The number of ether oxygens (including phenoxy) is 1. The van der Waals surface area contributed by atoms with Crippen molar-refractivity contribution in [3.8, 4) is 0 Å². The second-order valence-electron chi connectivity index (χ2n) is 8.11. The molecule has 2 fully saturated rings. The van der Waals surface area contributed by atoms with Crippen LogP contribution in [0.5, 0.6) is 0 Å². The van der Waals surface area contributed by atoms with Crippen molar-refractivity contribution in [3.05, 3.63) is 0 Å². The van der Waals surface area contributed by atoms with Gasteiger partial charge in [-0.3, -0.25) is 0 Å². The first kappa shape index (κ1) is 18.5. The first-order chi connectivity index (χ1) is 10.9. The average molecular weight is 325 g/mol. The van der Waals surface area contributed by atoms with Gasteiger partial charge in [-0.1, -0.05) is 6.92 Å². The minimum atomic E-state index is -0.403. The van der Waals surface area contributed by atoms with Crippen LogP contribution in [0.15, 0.2) is 0 Å². The minimum Gasteiger partial charge on any atom is -0.444 e. The molecule has 5 heteroatoms. The first-order valence-electron chi connectivity index (χ1n) is 9.31. The van der Waals surface area contributed by atoms with Gasteiger partial charge >= 0.3 is 6.09 Å². The molecule has 1 unspecified atom stereocenters. The fourth-order valence-corrected chi connectivity index (χ4v) is 3.50. The van der Waals surface area contributed by atoms with Gasteiger partial charge in [0.2, 0.25) is 0 Å². The molecule has 0 bridgehead atoms. The lowest BCUT2D eigenvalue weighted by molar-refractivity contribution is 0.0288. The summed E-state index contributed by atoms with van der Waals surface area (Å²) in [6.45, 7) is 14.4. The molecule has 0 aromatic heterocycles. The predicted octanol–water partition coefficient (Wildman–Crippen LogP) is 2.71. The Hall–Kier alpha value is -0.810. The minimum absolute atomic E-state index is 0.159. The van der Waals surface area contributed by atoms with Gasteiger partial charge < -0.3 is 19.9 Å². The number of hydrogen-bond donors (Lipinski definition) is 1. The number of nitrogens with one attached hydrogen (secondary N) is 1. The molecule has 0 saturated carbocycles. The lowest BCUT2D eigenvalue weighted by Gasteiger charge is -2.32. The molecule has 2 heterocycles. The molecule has 0 radical (unpaired) electrons. The molecule has 0 spiro atoms. The highest BCUT2D eigenvalue weighted by molar-refractivity contribution is 5.68. The van der Waals surface area contributed by atoms with Gasteiger partial charge in [0, 0.05) is 19.1 Å². The summed E-state index contributed by atoms with van der Waals surface area (Å²) in [7, 11) is 0. The smallest absolute Gasteiger partial charge is 0.410 e. The summed E-state index contributed by atoms with van der Waals surface area (Å²) in [5.41, 5.74) is -0.403. The van der Waals surface area contributed by atoms with Crippen LogP contribution in [0, 0.1) is 5.92 Å². The Balaban J connectivity index is 1.64. The quantitative estimate of drug-likeness (QED) is 0.844. The van der Waals surface area contributed by atoms with E-state index in [9.17, 15) is 4.79 Å². The van der Waals surface area contributed by atoms with Gasteiger partial charge in [-0.25, -0.2) is 4.79 Å². The van der Waals surface area contributed by atoms with Crippen molar-refractivity contribution in [3.63, 3.8) is 0 Å². The molecule has 23 heavy (non-hydrogen) atoms. The van der Waals surface area contributed by atoms with Crippen molar-refractivity contribution < 1.29 is 9.53 Å². The van der Waals surface area contributed by atoms with E-state index >= 15 is 0 Å². The Morgan fingerprint density at radius 3 is 2.48 bits per heavy atom. The van der Waals surface area contributed by atoms with E-state index in [0.717, 1.165) is 26.1 Å². The normalized spacial score (nSPS) is 24.2. The van der Waals surface area contributed by atoms with E-state index < -0.39 is 5.60 Å². The predicted molar refractivity (Wildman–Crippen MR) is 93.7 cm³/mol. The zero-order chi connectivity index (χ0) is 16.9. The molecular weight excluding hydrogens is 290 g/mol. The maximum absolute atomic E-state index is 12.1. The van der Waals surface area contributed by atoms with Crippen LogP contribution in [0.1, 0.15) is 53.4 Å². The van der Waals surface area contributed by atoms with Crippen LogP contribution in [-0.2, 0) is 4.74 Å². The third kappa shape index (κ3) is 6.30. The molecule has 0 aromatic rings. The van der Waals surface area contributed by atoms with Gasteiger partial charge in [0.05, 0.1) is 0 Å². The van der Waals surface area contributed by atoms with Crippen LogP contribution >= 0.6 is 0 Å². The van der Waals surface area contributed by atoms with E-state index in [1.54, 1.807) is 0 Å². The Kier molecular flexibility index (Phi) is 6.72. The Morgan fingerprint density at radius 1 is 1.17 bits per heavy atom. The number of carbonyl (C=O) groups excluding carboxylic acids is 1. The Labute approximate surface area is 141 Å². The molecule has 2 aliphatic heterocycles. The maximum atomic E-state index is 12.1. The lowest BCUT2D eigenvalue weighted by Crippen LogP contribution is -2.44. The second-order valence-corrected chi connectivity index (χ2v) is 8.11. The largest absolute Gasteiger partial charge is 0.444 e. The number of likely N-dealkylation sites (tertiary alicyclic amines) is 2. The highest BCUT2D eigenvalue weighted by Crippen LogP contribution is 2.20. The van der Waals surface area contributed by atoms with E-state index in [0.29, 0.717) is 12.0 Å². The van der Waals surface area contributed by atoms with Crippen molar-refractivity contribution >= 4 is 6.09 Å².